The molecule has 1 aliphatic carbocycles. The Morgan fingerprint density at radius 2 is 2.04 bits per heavy atom. The number of benzene rings is 1. The van der Waals surface area contributed by atoms with Crippen LogP contribution in [0.25, 0.3) is 11.4 Å². The van der Waals surface area contributed by atoms with Gasteiger partial charge in [-0.25, -0.2) is 15.0 Å². The monoisotopic (exact) mass is 349 g/mol. The van der Waals surface area contributed by atoms with Crippen LogP contribution in [0, 0.1) is 0 Å². The van der Waals surface area contributed by atoms with Crippen LogP contribution in [0.15, 0.2) is 55.1 Å². The number of aliphatic hydroxyl groups is 1. The third kappa shape index (κ3) is 2.97. The fourth-order valence-corrected chi connectivity index (χ4v) is 3.31. The molecule has 1 fully saturated rings. The zero-order chi connectivity index (χ0) is 18.1. The highest BCUT2D eigenvalue weighted by Crippen LogP contribution is 2.41. The minimum atomic E-state index is -0.878. The third-order valence-electron chi connectivity index (χ3n) is 4.75. The molecule has 4 rings (SSSR count). The van der Waals surface area contributed by atoms with Crippen molar-refractivity contribution in [2.24, 2.45) is 7.05 Å². The number of amides is 1. The fraction of sp³-hybridized carbons (Fsp3) is 0.263. The molecule has 26 heavy (non-hydrogen) atoms. The van der Waals surface area contributed by atoms with Gasteiger partial charge < -0.3 is 15.0 Å². The highest BCUT2D eigenvalue weighted by Gasteiger charge is 2.44. The molecule has 1 aromatic carbocycles. The van der Waals surface area contributed by atoms with Gasteiger partial charge in [-0.3, -0.25) is 4.79 Å². The second-order valence-electron chi connectivity index (χ2n) is 6.63. The molecule has 0 saturated heterocycles. The van der Waals surface area contributed by atoms with Gasteiger partial charge in [-0.15, -0.1) is 0 Å². The maximum absolute atomic E-state index is 12.5. The van der Waals surface area contributed by atoms with E-state index < -0.39 is 5.60 Å². The largest absolute Gasteiger partial charge is 0.385 e. The topological polar surface area (TPSA) is 92.9 Å². The Balaban J connectivity index is 1.43. The Morgan fingerprint density at radius 1 is 1.27 bits per heavy atom. The Morgan fingerprint density at radius 3 is 2.73 bits per heavy atom. The van der Waals surface area contributed by atoms with E-state index in [1.807, 2.05) is 41.9 Å². The van der Waals surface area contributed by atoms with Crippen molar-refractivity contribution in [3.63, 3.8) is 0 Å². The summed E-state index contributed by atoms with van der Waals surface area (Å²) in [4.78, 5) is 24.9. The minimum absolute atomic E-state index is 0.100. The molecule has 3 aromatic rings. The maximum atomic E-state index is 12.5. The van der Waals surface area contributed by atoms with Gasteiger partial charge in [0.25, 0.3) is 5.91 Å². The summed E-state index contributed by atoms with van der Waals surface area (Å²) in [5.41, 5.74) is 1.44. The second kappa shape index (κ2) is 6.34. The van der Waals surface area contributed by atoms with Crippen molar-refractivity contribution in [3.8, 4) is 11.4 Å². The summed E-state index contributed by atoms with van der Waals surface area (Å²) in [5.74, 6) is -0.229. The molecule has 0 bridgehead atoms. The van der Waals surface area contributed by atoms with Crippen molar-refractivity contribution < 1.29 is 9.90 Å². The van der Waals surface area contributed by atoms with Gasteiger partial charge in [-0.2, -0.15) is 0 Å². The van der Waals surface area contributed by atoms with Gasteiger partial charge in [0.15, 0.2) is 0 Å². The van der Waals surface area contributed by atoms with Crippen LogP contribution in [-0.4, -0.2) is 36.6 Å². The van der Waals surface area contributed by atoms with Crippen LogP contribution in [0.2, 0.25) is 0 Å². The number of aromatic nitrogens is 4. The zero-order valence-corrected chi connectivity index (χ0v) is 14.3. The lowest BCUT2D eigenvalue weighted by Gasteiger charge is -2.44. The second-order valence-corrected chi connectivity index (χ2v) is 6.63. The van der Waals surface area contributed by atoms with Crippen molar-refractivity contribution in [3.05, 3.63) is 66.5 Å². The molecule has 0 aliphatic heterocycles. The molecule has 0 atom stereocenters. The lowest BCUT2D eigenvalue weighted by atomic mass is 9.71. The van der Waals surface area contributed by atoms with E-state index in [-0.39, 0.29) is 17.8 Å². The van der Waals surface area contributed by atoms with E-state index in [1.54, 1.807) is 24.8 Å². The van der Waals surface area contributed by atoms with Crippen molar-refractivity contribution >= 4 is 5.91 Å². The van der Waals surface area contributed by atoms with Crippen LogP contribution in [0.1, 0.15) is 29.0 Å². The van der Waals surface area contributed by atoms with Crippen LogP contribution in [-0.2, 0) is 12.6 Å². The number of aryl methyl sites for hydroxylation is 1. The van der Waals surface area contributed by atoms with E-state index in [1.165, 1.54) is 0 Å². The van der Waals surface area contributed by atoms with Crippen molar-refractivity contribution in [1.29, 1.82) is 0 Å². The summed E-state index contributed by atoms with van der Waals surface area (Å²) >= 11 is 0. The number of nitrogens with zero attached hydrogens (tertiary/aromatic N) is 4. The minimum Gasteiger partial charge on any atom is -0.385 e. The van der Waals surface area contributed by atoms with Gasteiger partial charge in [0, 0.05) is 32.1 Å². The lowest BCUT2D eigenvalue weighted by Crippen LogP contribution is -2.53. The summed E-state index contributed by atoms with van der Waals surface area (Å²) in [6.07, 6.45) is 5.88. The number of rotatable bonds is 4. The van der Waals surface area contributed by atoms with Crippen molar-refractivity contribution in [2.45, 2.75) is 24.5 Å². The summed E-state index contributed by atoms with van der Waals surface area (Å²) in [7, 11) is 1.86. The van der Waals surface area contributed by atoms with Gasteiger partial charge >= 0.3 is 0 Å². The standard InChI is InChI=1S/C19H19N5O2/c1-24-12-20-11-16(24)15-7-8-21-17(23-15)18(25)22-14-9-19(26,10-14)13-5-3-2-4-6-13/h2-8,11-12,14,26H,9-10H2,1H3,(H,22,25)/t14-,19+. The first kappa shape index (κ1) is 16.4. The van der Waals surface area contributed by atoms with Gasteiger partial charge in [0.2, 0.25) is 5.82 Å². The van der Waals surface area contributed by atoms with Crippen LogP contribution in [0.4, 0.5) is 0 Å². The summed E-state index contributed by atoms with van der Waals surface area (Å²) in [6.45, 7) is 0. The Labute approximate surface area is 150 Å². The highest BCUT2D eigenvalue weighted by atomic mass is 16.3. The number of imidazole rings is 1. The number of carbonyl (C=O) groups excluding carboxylic acids is 1. The van der Waals surface area contributed by atoms with E-state index >= 15 is 0 Å². The zero-order valence-electron chi connectivity index (χ0n) is 14.3. The molecule has 7 nitrogen and oxygen atoms in total. The smallest absolute Gasteiger partial charge is 0.289 e. The number of hydrogen-bond acceptors (Lipinski definition) is 5. The highest BCUT2D eigenvalue weighted by molar-refractivity contribution is 5.91. The number of nitrogens with one attached hydrogen (secondary N) is 1. The number of carbonyl (C=O) groups is 1. The van der Waals surface area contributed by atoms with E-state index in [4.69, 9.17) is 0 Å². The molecule has 7 heteroatoms. The van der Waals surface area contributed by atoms with Gasteiger partial charge in [0.05, 0.1) is 29.5 Å². The van der Waals surface area contributed by atoms with Crippen molar-refractivity contribution in [2.75, 3.05) is 0 Å². The van der Waals surface area contributed by atoms with Crippen LogP contribution < -0.4 is 5.32 Å². The quantitative estimate of drug-likeness (QED) is 0.747. The molecule has 1 aliphatic rings. The van der Waals surface area contributed by atoms with E-state index in [9.17, 15) is 9.90 Å². The van der Waals surface area contributed by atoms with Crippen molar-refractivity contribution in [1.82, 2.24) is 24.8 Å². The Bertz CT molecular complexity index is 932. The summed E-state index contributed by atoms with van der Waals surface area (Å²) in [5, 5.41) is 13.5. The molecule has 0 unspecified atom stereocenters. The molecule has 0 spiro atoms. The Kier molecular flexibility index (Phi) is 4.00. The average molecular weight is 349 g/mol. The van der Waals surface area contributed by atoms with Crippen LogP contribution in [0.3, 0.4) is 0 Å². The third-order valence-corrected chi connectivity index (χ3v) is 4.75. The molecule has 0 radical (unpaired) electrons. The molecule has 132 valence electrons. The van der Waals surface area contributed by atoms with Gasteiger partial charge in [-0.1, -0.05) is 30.3 Å². The first-order valence-electron chi connectivity index (χ1n) is 8.44. The van der Waals surface area contributed by atoms with E-state index in [0.29, 0.717) is 18.5 Å². The molecule has 1 amide bonds. The fourth-order valence-electron chi connectivity index (χ4n) is 3.31. The normalized spacial score (nSPS) is 21.8. The Hall–Kier alpha value is -3.06. The maximum Gasteiger partial charge on any atom is 0.289 e. The average Bonchev–Trinajstić information content (AvgIpc) is 3.07. The summed E-state index contributed by atoms with van der Waals surface area (Å²) < 4.78 is 1.83. The lowest BCUT2D eigenvalue weighted by molar-refractivity contribution is -0.0595. The number of hydrogen-bond donors (Lipinski definition) is 2. The molecule has 2 N–H and O–H groups in total. The van der Waals surface area contributed by atoms with Gasteiger partial charge in [0.1, 0.15) is 0 Å². The molecular weight excluding hydrogens is 330 g/mol. The molecule has 1 saturated carbocycles. The predicted molar refractivity (Wildman–Crippen MR) is 95.1 cm³/mol. The summed E-state index contributed by atoms with van der Waals surface area (Å²) in [6, 6.07) is 11.2. The van der Waals surface area contributed by atoms with E-state index in [2.05, 4.69) is 20.3 Å². The van der Waals surface area contributed by atoms with Crippen LogP contribution in [0.5, 0.6) is 0 Å². The molecule has 2 heterocycles. The predicted octanol–water partition coefficient (Wildman–Crippen LogP) is 1.66. The van der Waals surface area contributed by atoms with Crippen LogP contribution >= 0.6 is 0 Å². The molecular formula is C19H19N5O2. The van der Waals surface area contributed by atoms with E-state index in [0.717, 1.165) is 11.3 Å². The molecule has 2 aromatic heterocycles. The van der Waals surface area contributed by atoms with Gasteiger partial charge in [-0.05, 0) is 11.6 Å². The first-order valence-corrected chi connectivity index (χ1v) is 8.44. The first-order chi connectivity index (χ1) is 12.5. The SMILES string of the molecule is Cn1cncc1-c1ccnc(C(=O)N[C@H]2C[C@](O)(c3ccccc3)C2)n1.